The number of hydrogen-bond donors (Lipinski definition) is 0. The van der Waals surface area contributed by atoms with Gasteiger partial charge in [0.05, 0.1) is 11.2 Å². The van der Waals surface area contributed by atoms with Crippen LogP contribution in [0.4, 0.5) is 0 Å². The van der Waals surface area contributed by atoms with Crippen molar-refractivity contribution in [3.8, 4) is 0 Å². The fourth-order valence-electron chi connectivity index (χ4n) is 2.38. The van der Waals surface area contributed by atoms with Gasteiger partial charge in [-0.25, -0.2) is 0 Å². The molecule has 1 rings (SSSR count). The molecule has 136 valence electrons. The first-order valence-corrected chi connectivity index (χ1v) is 8.74. The van der Waals surface area contributed by atoms with Crippen molar-refractivity contribution in [2.24, 2.45) is 0 Å². The largest absolute Gasteiger partial charge is 0.594 e. The minimum Gasteiger partial charge on any atom is -0.384 e. The van der Waals surface area contributed by atoms with Gasteiger partial charge >= 0.3 is 7.25 Å². The summed E-state index contributed by atoms with van der Waals surface area (Å²) in [6.07, 6.45) is 15.6. The smallest absolute Gasteiger partial charge is 0.384 e. The molecule has 0 aromatic heterocycles. The molecule has 1 aliphatic heterocycles. The van der Waals surface area contributed by atoms with Gasteiger partial charge in [-0.05, 0) is 53.2 Å². The molecule has 1 heterocycles. The van der Waals surface area contributed by atoms with Crippen molar-refractivity contribution in [1.82, 2.24) is 4.81 Å². The van der Waals surface area contributed by atoms with Gasteiger partial charge in [-0.1, -0.05) is 55.7 Å². The zero-order chi connectivity index (χ0) is 19.1. The van der Waals surface area contributed by atoms with Crippen LogP contribution < -0.4 is 0 Å². The first-order chi connectivity index (χ1) is 11.7. The van der Waals surface area contributed by atoms with Crippen molar-refractivity contribution >= 4 is 7.25 Å². The molecule has 4 heteroatoms. The summed E-state index contributed by atoms with van der Waals surface area (Å²) in [7, 11) is -0.460. The maximum absolute atomic E-state index is 6.27. The summed E-state index contributed by atoms with van der Waals surface area (Å²) in [6.45, 7) is 20.5. The third-order valence-corrected chi connectivity index (χ3v) is 4.70. The van der Waals surface area contributed by atoms with Crippen LogP contribution in [0.25, 0.3) is 0 Å². The Morgan fingerprint density at radius 2 is 1.44 bits per heavy atom. The van der Waals surface area contributed by atoms with E-state index in [1.54, 1.807) is 12.2 Å². The van der Waals surface area contributed by atoms with Crippen molar-refractivity contribution in [2.75, 3.05) is 6.54 Å². The van der Waals surface area contributed by atoms with E-state index in [1.807, 2.05) is 32.1 Å². The minimum absolute atomic E-state index is 0.385. The highest BCUT2D eigenvalue weighted by atomic mass is 16.7. The van der Waals surface area contributed by atoms with Crippen LogP contribution >= 0.6 is 0 Å². The van der Waals surface area contributed by atoms with Crippen molar-refractivity contribution in [3.63, 3.8) is 0 Å². The minimum atomic E-state index is -0.460. The first kappa shape index (κ1) is 21.3. The first-order valence-electron chi connectivity index (χ1n) is 8.74. The van der Waals surface area contributed by atoms with E-state index in [4.69, 9.17) is 9.31 Å². The van der Waals surface area contributed by atoms with Gasteiger partial charge in [0.15, 0.2) is 0 Å². The zero-order valence-corrected chi connectivity index (χ0v) is 16.6. The van der Waals surface area contributed by atoms with Gasteiger partial charge in [0.1, 0.15) is 0 Å². The number of allylic oxidation sites excluding steroid dienone is 7. The number of hydrogen-bond acceptors (Lipinski definition) is 3. The van der Waals surface area contributed by atoms with E-state index in [-0.39, 0.29) is 11.2 Å². The van der Waals surface area contributed by atoms with Crippen LogP contribution in [-0.2, 0) is 9.31 Å². The third kappa shape index (κ3) is 5.35. The average Bonchev–Trinajstić information content (AvgIpc) is 2.77. The molecule has 25 heavy (non-hydrogen) atoms. The van der Waals surface area contributed by atoms with Gasteiger partial charge in [0, 0.05) is 12.2 Å². The fraction of sp³-hybridized carbons (Fsp3) is 0.429. The monoisotopic (exact) mass is 341 g/mol. The van der Waals surface area contributed by atoms with E-state index in [1.165, 1.54) is 0 Å². The van der Waals surface area contributed by atoms with Gasteiger partial charge in [-0.15, -0.1) is 0 Å². The summed E-state index contributed by atoms with van der Waals surface area (Å²) in [5.74, 6) is 0. The molecule has 0 spiro atoms. The lowest BCUT2D eigenvalue weighted by molar-refractivity contribution is 0.00578. The van der Waals surface area contributed by atoms with Crippen LogP contribution in [0.3, 0.4) is 0 Å². The topological polar surface area (TPSA) is 21.7 Å². The lowest BCUT2D eigenvalue weighted by atomic mass is 9.90. The lowest BCUT2D eigenvalue weighted by Gasteiger charge is -2.32. The Labute approximate surface area is 154 Å². The fourth-order valence-corrected chi connectivity index (χ4v) is 2.38. The van der Waals surface area contributed by atoms with Gasteiger partial charge < -0.3 is 14.1 Å². The number of rotatable bonds is 8. The molecular weight excluding hydrogens is 309 g/mol. The summed E-state index contributed by atoms with van der Waals surface area (Å²) < 4.78 is 12.5. The lowest BCUT2D eigenvalue weighted by Crippen LogP contribution is -2.42. The summed E-state index contributed by atoms with van der Waals surface area (Å²) in [5.41, 5.74) is 1.40. The molecule has 0 amide bonds. The quantitative estimate of drug-likeness (QED) is 0.447. The van der Waals surface area contributed by atoms with E-state index >= 15 is 0 Å². The number of nitrogens with zero attached hydrogens (tertiary/aromatic N) is 1. The summed E-state index contributed by atoms with van der Waals surface area (Å²) in [5, 5.41) is 0. The third-order valence-electron chi connectivity index (χ3n) is 4.70. The molecule has 0 radical (unpaired) electrons. The normalized spacial score (nSPS) is 20.5. The molecule has 0 N–H and O–H groups in total. The SMILES string of the molecule is C=C/C=C\C(=C/C)CN(B1OC(C)(C)C(C)(C)O1)C(/C=C\C=C)=C/C. The van der Waals surface area contributed by atoms with Crippen molar-refractivity contribution in [1.29, 1.82) is 0 Å². The molecular formula is C21H32BNO2. The van der Waals surface area contributed by atoms with Crippen molar-refractivity contribution in [3.05, 3.63) is 73.0 Å². The van der Waals surface area contributed by atoms with Gasteiger partial charge in [-0.3, -0.25) is 0 Å². The second kappa shape index (κ2) is 9.07. The van der Waals surface area contributed by atoms with Crippen molar-refractivity contribution in [2.45, 2.75) is 52.7 Å². The second-order valence-electron chi connectivity index (χ2n) is 6.96. The molecule has 0 saturated carbocycles. The van der Waals surface area contributed by atoms with Crippen LogP contribution in [0.1, 0.15) is 41.5 Å². The summed E-state index contributed by atoms with van der Waals surface area (Å²) in [4.78, 5) is 2.12. The average molecular weight is 341 g/mol. The van der Waals surface area contributed by atoms with Crippen molar-refractivity contribution < 1.29 is 9.31 Å². The van der Waals surface area contributed by atoms with E-state index in [9.17, 15) is 0 Å². The molecule has 0 aliphatic carbocycles. The Bertz CT molecular complexity index is 581. The van der Waals surface area contributed by atoms with Crippen LogP contribution in [-0.4, -0.2) is 29.8 Å². The maximum Gasteiger partial charge on any atom is 0.594 e. The van der Waals surface area contributed by atoms with Gasteiger partial charge in [-0.2, -0.15) is 0 Å². The Kier molecular flexibility index (Phi) is 7.72. The predicted octanol–water partition coefficient (Wildman–Crippen LogP) is 5.21. The Morgan fingerprint density at radius 1 is 0.920 bits per heavy atom. The molecule has 0 bridgehead atoms. The standard InChI is InChI=1S/C21H32BNO2/c1-9-13-15-18(11-3)17-23(19(12-4)16-14-10-2)22-24-20(5,6)21(7,8)25-22/h9-16H,1-2,17H2,3-8H3/b15-13-,16-14-,18-11+,19-12+. The Morgan fingerprint density at radius 3 is 1.88 bits per heavy atom. The summed E-state index contributed by atoms with van der Waals surface area (Å²) in [6, 6.07) is 0. The molecule has 1 aliphatic rings. The highest BCUT2D eigenvalue weighted by Gasteiger charge is 2.54. The summed E-state index contributed by atoms with van der Waals surface area (Å²) >= 11 is 0. The molecule has 0 aromatic rings. The Hall–Kier alpha value is -1.78. The maximum atomic E-state index is 6.27. The van der Waals surface area contributed by atoms with Gasteiger partial charge in [0.2, 0.25) is 0 Å². The molecule has 1 fully saturated rings. The predicted molar refractivity (Wildman–Crippen MR) is 109 cm³/mol. The van der Waals surface area contributed by atoms with E-state index in [0.29, 0.717) is 6.54 Å². The van der Waals surface area contributed by atoms with E-state index < -0.39 is 7.25 Å². The molecule has 3 nitrogen and oxygen atoms in total. The molecule has 1 saturated heterocycles. The van der Waals surface area contributed by atoms with Crippen LogP contribution in [0.5, 0.6) is 0 Å². The highest BCUT2D eigenvalue weighted by Crippen LogP contribution is 2.38. The molecule has 0 unspecified atom stereocenters. The van der Waals surface area contributed by atoms with Crippen LogP contribution in [0.15, 0.2) is 73.0 Å². The second-order valence-corrected chi connectivity index (χ2v) is 6.96. The molecule has 0 atom stereocenters. The Balaban J connectivity index is 3.20. The highest BCUT2D eigenvalue weighted by molar-refractivity contribution is 6.43. The van der Waals surface area contributed by atoms with Crippen LogP contribution in [0.2, 0.25) is 0 Å². The van der Waals surface area contributed by atoms with Crippen LogP contribution in [0, 0.1) is 0 Å². The molecule has 0 aromatic carbocycles. The van der Waals surface area contributed by atoms with E-state index in [0.717, 1.165) is 11.3 Å². The van der Waals surface area contributed by atoms with Gasteiger partial charge in [0.25, 0.3) is 0 Å². The van der Waals surface area contributed by atoms with E-state index in [2.05, 4.69) is 63.9 Å². The zero-order valence-electron chi connectivity index (χ0n) is 16.6.